The van der Waals surface area contributed by atoms with Gasteiger partial charge in [0, 0.05) is 6.61 Å². The quantitative estimate of drug-likeness (QED) is 0.647. The highest BCUT2D eigenvalue weighted by Gasteiger charge is 2.51. The summed E-state index contributed by atoms with van der Waals surface area (Å²) in [6.07, 6.45) is -6.17. The zero-order valence-corrected chi connectivity index (χ0v) is 6.09. The number of aliphatic hydroxyl groups excluding tert-OH is 1. The van der Waals surface area contributed by atoms with Gasteiger partial charge in [-0.05, 0) is 6.92 Å². The van der Waals surface area contributed by atoms with Crippen LogP contribution < -0.4 is 0 Å². The molecule has 0 aromatic rings. The number of halogens is 2. The molecule has 5 heteroatoms. The van der Waals surface area contributed by atoms with Crippen LogP contribution in [0.5, 0.6) is 0 Å². The summed E-state index contributed by atoms with van der Waals surface area (Å²) < 4.78 is 33.5. The Bertz CT molecular complexity index is 140. The zero-order chi connectivity index (χ0) is 8.48. The summed E-state index contributed by atoms with van der Waals surface area (Å²) in [6.45, 7) is 1.71. The largest absolute Gasteiger partial charge is 0.384 e. The fraction of sp³-hybridized carbons (Fsp3) is 1.00. The molecule has 0 aromatic heterocycles. The first-order chi connectivity index (χ1) is 5.08. The van der Waals surface area contributed by atoms with Gasteiger partial charge in [0.1, 0.15) is 6.10 Å². The number of hydrogen-bond donors (Lipinski definition) is 1. The Kier molecular flexibility index (Phi) is 2.41. The molecule has 0 radical (unpaired) electrons. The molecule has 0 aromatic carbocycles. The van der Waals surface area contributed by atoms with Crippen LogP contribution in [0.2, 0.25) is 0 Å². The minimum absolute atomic E-state index is 0.248. The minimum atomic E-state index is -3.44. The van der Waals surface area contributed by atoms with Crippen LogP contribution >= 0.6 is 0 Å². The molecule has 1 rings (SSSR count). The molecule has 1 fully saturated rings. The van der Waals surface area contributed by atoms with Crippen LogP contribution in [0.1, 0.15) is 6.92 Å². The standard InChI is InChI=1S/C6H10F2O3/c1-2-10-4-3-11-6(7,8)5(4)9/h4-5,9H,2-3H2,1H3. The summed E-state index contributed by atoms with van der Waals surface area (Å²) in [6, 6.07) is 0. The Morgan fingerprint density at radius 3 is 2.73 bits per heavy atom. The molecule has 1 heterocycles. The average Bonchev–Trinajstić information content (AvgIpc) is 2.17. The van der Waals surface area contributed by atoms with Gasteiger partial charge in [0.15, 0.2) is 6.10 Å². The first-order valence-corrected chi connectivity index (χ1v) is 3.39. The third-order valence-electron chi connectivity index (χ3n) is 1.52. The van der Waals surface area contributed by atoms with Crippen molar-refractivity contribution in [2.75, 3.05) is 13.2 Å². The van der Waals surface area contributed by atoms with Crippen LogP contribution in [0.25, 0.3) is 0 Å². The van der Waals surface area contributed by atoms with Crippen molar-refractivity contribution in [1.82, 2.24) is 0 Å². The van der Waals surface area contributed by atoms with Crippen molar-refractivity contribution < 1.29 is 23.4 Å². The molecule has 66 valence electrons. The molecule has 0 amide bonds. The van der Waals surface area contributed by atoms with Gasteiger partial charge in [-0.25, -0.2) is 0 Å². The highest BCUT2D eigenvalue weighted by molar-refractivity contribution is 4.83. The van der Waals surface area contributed by atoms with Crippen molar-refractivity contribution in [1.29, 1.82) is 0 Å². The summed E-state index contributed by atoms with van der Waals surface area (Å²) in [7, 11) is 0. The van der Waals surface area contributed by atoms with Crippen LogP contribution in [-0.4, -0.2) is 36.6 Å². The van der Waals surface area contributed by atoms with E-state index in [4.69, 9.17) is 9.84 Å². The van der Waals surface area contributed by atoms with Crippen LogP contribution in [0.15, 0.2) is 0 Å². The van der Waals surface area contributed by atoms with Crippen LogP contribution in [0.4, 0.5) is 8.78 Å². The van der Waals surface area contributed by atoms with E-state index >= 15 is 0 Å². The average molecular weight is 168 g/mol. The first kappa shape index (κ1) is 8.83. The van der Waals surface area contributed by atoms with Crippen molar-refractivity contribution >= 4 is 0 Å². The molecule has 2 unspecified atom stereocenters. The normalized spacial score (nSPS) is 36.0. The lowest BCUT2D eigenvalue weighted by molar-refractivity contribution is -0.249. The van der Waals surface area contributed by atoms with Gasteiger partial charge in [0.05, 0.1) is 6.61 Å². The Labute approximate surface area is 62.9 Å². The summed E-state index contributed by atoms with van der Waals surface area (Å²) >= 11 is 0. The van der Waals surface area contributed by atoms with E-state index in [0.717, 1.165) is 0 Å². The SMILES string of the molecule is CCOC1COC(F)(F)C1O. The molecule has 1 aliphatic rings. The zero-order valence-electron chi connectivity index (χ0n) is 6.09. The van der Waals surface area contributed by atoms with Gasteiger partial charge < -0.3 is 14.6 Å². The molecule has 11 heavy (non-hydrogen) atoms. The van der Waals surface area contributed by atoms with Crippen LogP contribution in [0.3, 0.4) is 0 Å². The first-order valence-electron chi connectivity index (χ1n) is 3.39. The summed E-state index contributed by atoms with van der Waals surface area (Å²) in [5, 5.41) is 8.85. The maximum absolute atomic E-state index is 12.4. The van der Waals surface area contributed by atoms with E-state index in [0.29, 0.717) is 6.61 Å². The minimum Gasteiger partial charge on any atom is -0.381 e. The predicted molar refractivity (Wildman–Crippen MR) is 32.3 cm³/mol. The maximum atomic E-state index is 12.4. The van der Waals surface area contributed by atoms with E-state index in [2.05, 4.69) is 4.74 Å². The highest BCUT2D eigenvalue weighted by Crippen LogP contribution is 2.30. The number of alkyl halides is 2. The lowest BCUT2D eigenvalue weighted by atomic mass is 10.2. The molecule has 1 N–H and O–H groups in total. The van der Waals surface area contributed by atoms with Crippen molar-refractivity contribution in [3.8, 4) is 0 Å². The van der Waals surface area contributed by atoms with E-state index in [1.165, 1.54) is 0 Å². The Balaban J connectivity index is 2.49. The van der Waals surface area contributed by atoms with Crippen molar-refractivity contribution in [2.24, 2.45) is 0 Å². The number of hydrogen-bond acceptors (Lipinski definition) is 3. The van der Waals surface area contributed by atoms with Gasteiger partial charge >= 0.3 is 6.11 Å². The Morgan fingerprint density at radius 1 is 1.73 bits per heavy atom. The van der Waals surface area contributed by atoms with E-state index in [1.54, 1.807) is 6.92 Å². The lowest BCUT2D eigenvalue weighted by Crippen LogP contribution is -2.36. The predicted octanol–water partition coefficient (Wildman–Crippen LogP) is 0.375. The summed E-state index contributed by atoms with van der Waals surface area (Å²) in [5.74, 6) is 0. The van der Waals surface area contributed by atoms with Gasteiger partial charge in [-0.2, -0.15) is 8.78 Å². The second kappa shape index (κ2) is 3.00. The van der Waals surface area contributed by atoms with Crippen molar-refractivity contribution in [3.05, 3.63) is 0 Å². The van der Waals surface area contributed by atoms with E-state index in [9.17, 15) is 8.78 Å². The van der Waals surface area contributed by atoms with Gasteiger partial charge in [-0.3, -0.25) is 0 Å². The van der Waals surface area contributed by atoms with Crippen LogP contribution in [-0.2, 0) is 9.47 Å². The van der Waals surface area contributed by atoms with Gasteiger partial charge in [0.25, 0.3) is 0 Å². The molecule has 1 aliphatic heterocycles. The van der Waals surface area contributed by atoms with E-state index in [1.807, 2.05) is 0 Å². The fourth-order valence-corrected chi connectivity index (χ4v) is 0.940. The fourth-order valence-electron chi connectivity index (χ4n) is 0.940. The number of rotatable bonds is 2. The van der Waals surface area contributed by atoms with E-state index in [-0.39, 0.29) is 6.61 Å². The lowest BCUT2D eigenvalue weighted by Gasteiger charge is -2.15. The molecule has 0 saturated carbocycles. The molecular formula is C6H10F2O3. The number of aliphatic hydroxyl groups is 1. The van der Waals surface area contributed by atoms with Crippen LogP contribution in [0, 0.1) is 0 Å². The molecule has 0 spiro atoms. The van der Waals surface area contributed by atoms with E-state index < -0.39 is 18.3 Å². The second-order valence-electron chi connectivity index (χ2n) is 2.31. The topological polar surface area (TPSA) is 38.7 Å². The summed E-state index contributed by atoms with van der Waals surface area (Å²) in [4.78, 5) is 0. The third kappa shape index (κ3) is 1.66. The second-order valence-corrected chi connectivity index (χ2v) is 2.31. The molecule has 0 aliphatic carbocycles. The maximum Gasteiger partial charge on any atom is 0.384 e. The molecule has 3 nitrogen and oxygen atoms in total. The highest BCUT2D eigenvalue weighted by atomic mass is 19.3. The Hall–Kier alpha value is -0.260. The smallest absolute Gasteiger partial charge is 0.381 e. The van der Waals surface area contributed by atoms with Crippen molar-refractivity contribution in [2.45, 2.75) is 25.2 Å². The third-order valence-corrected chi connectivity index (χ3v) is 1.52. The van der Waals surface area contributed by atoms with Gasteiger partial charge in [-0.15, -0.1) is 0 Å². The molecule has 2 atom stereocenters. The summed E-state index contributed by atoms with van der Waals surface area (Å²) in [5.41, 5.74) is 0. The van der Waals surface area contributed by atoms with Gasteiger partial charge in [-0.1, -0.05) is 0 Å². The molecule has 0 bridgehead atoms. The van der Waals surface area contributed by atoms with Gasteiger partial charge in [0.2, 0.25) is 0 Å². The van der Waals surface area contributed by atoms with Crippen molar-refractivity contribution in [3.63, 3.8) is 0 Å². The Morgan fingerprint density at radius 2 is 2.36 bits per heavy atom. The molecular weight excluding hydrogens is 158 g/mol. The monoisotopic (exact) mass is 168 g/mol. The number of ether oxygens (including phenoxy) is 2. The molecule has 1 saturated heterocycles.